The second kappa shape index (κ2) is 9.49. The Morgan fingerprint density at radius 3 is 2.50 bits per heavy atom. The van der Waals surface area contributed by atoms with E-state index < -0.39 is 11.8 Å². The third-order valence-corrected chi connectivity index (χ3v) is 6.31. The first kappa shape index (κ1) is 23.0. The first-order valence-corrected chi connectivity index (χ1v) is 11.5. The van der Waals surface area contributed by atoms with Crippen molar-refractivity contribution in [2.45, 2.75) is 6.54 Å². The molecule has 2 heterocycles. The standard InChI is InChI=1S/C28H20N4O3S/c1-35-22-12-10-21(11-13-22)32-27(34)24(26(33)30-28(32)36)14-20-17-31(25-9-5-4-8-23(20)25)16-19-7-3-2-6-18(19)15-29/h2-14,17H,16H2,1H3,(H,30,33,36)/b24-14+. The zero-order chi connectivity index (χ0) is 25.2. The van der Waals surface area contributed by atoms with Crippen LogP contribution in [-0.4, -0.2) is 28.6 Å². The van der Waals surface area contributed by atoms with Crippen molar-refractivity contribution in [3.05, 3.63) is 101 Å². The molecule has 1 N–H and O–H groups in total. The van der Waals surface area contributed by atoms with Crippen LogP contribution in [0.1, 0.15) is 16.7 Å². The third kappa shape index (κ3) is 4.13. The van der Waals surface area contributed by atoms with Gasteiger partial charge in [0.1, 0.15) is 11.3 Å². The smallest absolute Gasteiger partial charge is 0.270 e. The summed E-state index contributed by atoms with van der Waals surface area (Å²) in [5, 5.41) is 13.0. The topological polar surface area (TPSA) is 87.4 Å². The number of aromatic nitrogens is 1. The number of ether oxygens (including phenoxy) is 1. The monoisotopic (exact) mass is 492 g/mol. The molecule has 1 aliphatic heterocycles. The van der Waals surface area contributed by atoms with Crippen molar-refractivity contribution in [1.29, 1.82) is 5.26 Å². The molecule has 7 nitrogen and oxygen atoms in total. The van der Waals surface area contributed by atoms with Crippen molar-refractivity contribution in [3.8, 4) is 11.8 Å². The molecule has 8 heteroatoms. The number of fused-ring (bicyclic) bond motifs is 1. The molecule has 3 aromatic carbocycles. The summed E-state index contributed by atoms with van der Waals surface area (Å²) in [4.78, 5) is 27.6. The molecule has 4 aromatic rings. The van der Waals surface area contributed by atoms with Crippen molar-refractivity contribution >= 4 is 51.8 Å². The number of hydrogen-bond acceptors (Lipinski definition) is 5. The van der Waals surface area contributed by atoms with Crippen LogP contribution in [0, 0.1) is 11.3 Å². The minimum absolute atomic E-state index is 0.0165. The summed E-state index contributed by atoms with van der Waals surface area (Å²) in [5.41, 5.74) is 3.60. The van der Waals surface area contributed by atoms with Gasteiger partial charge in [0.15, 0.2) is 5.11 Å². The van der Waals surface area contributed by atoms with E-state index in [1.807, 2.05) is 53.2 Å². The summed E-state index contributed by atoms with van der Waals surface area (Å²) >= 11 is 5.30. The third-order valence-electron chi connectivity index (χ3n) is 6.03. The van der Waals surface area contributed by atoms with Gasteiger partial charge in [0, 0.05) is 29.2 Å². The molecule has 0 saturated carbocycles. The lowest BCUT2D eigenvalue weighted by atomic mass is 10.1. The molecule has 0 atom stereocenters. The molecule has 0 radical (unpaired) electrons. The van der Waals surface area contributed by atoms with Crippen LogP contribution in [-0.2, 0) is 16.1 Å². The van der Waals surface area contributed by atoms with Gasteiger partial charge in [-0.1, -0.05) is 36.4 Å². The van der Waals surface area contributed by atoms with Crippen LogP contribution >= 0.6 is 12.2 Å². The van der Waals surface area contributed by atoms with Gasteiger partial charge in [-0.25, -0.2) is 0 Å². The zero-order valence-electron chi connectivity index (χ0n) is 19.3. The van der Waals surface area contributed by atoms with Gasteiger partial charge in [0.05, 0.1) is 24.4 Å². The maximum atomic E-state index is 13.5. The fourth-order valence-corrected chi connectivity index (χ4v) is 4.53. The predicted octanol–water partition coefficient (Wildman–Crippen LogP) is 4.40. The number of methoxy groups -OCH3 is 1. The Kier molecular flexibility index (Phi) is 6.07. The van der Waals surface area contributed by atoms with Crippen LogP contribution in [0.4, 0.5) is 5.69 Å². The average molecular weight is 493 g/mol. The first-order valence-electron chi connectivity index (χ1n) is 11.1. The Bertz CT molecular complexity index is 1600. The number of nitrogens with one attached hydrogen (secondary N) is 1. The van der Waals surface area contributed by atoms with E-state index in [1.54, 1.807) is 43.5 Å². The number of benzene rings is 3. The Morgan fingerprint density at radius 1 is 1.03 bits per heavy atom. The number of amides is 2. The second-order valence-electron chi connectivity index (χ2n) is 8.15. The van der Waals surface area contributed by atoms with Crippen LogP contribution in [0.25, 0.3) is 17.0 Å². The van der Waals surface area contributed by atoms with E-state index in [-0.39, 0.29) is 10.7 Å². The highest BCUT2D eigenvalue weighted by atomic mass is 32.1. The fourth-order valence-electron chi connectivity index (χ4n) is 4.25. The fraction of sp³-hybridized carbons (Fsp3) is 0.0714. The quantitative estimate of drug-likeness (QED) is 0.254. The number of carbonyl (C=O) groups is 2. The molecule has 1 fully saturated rings. The molecular formula is C28H20N4O3S. The molecule has 176 valence electrons. The van der Waals surface area contributed by atoms with Gasteiger partial charge in [0.2, 0.25) is 0 Å². The summed E-state index contributed by atoms with van der Waals surface area (Å²) in [6, 6.07) is 24.2. The van der Waals surface area contributed by atoms with E-state index in [0.717, 1.165) is 16.5 Å². The molecule has 36 heavy (non-hydrogen) atoms. The van der Waals surface area contributed by atoms with Crippen LogP contribution in [0.2, 0.25) is 0 Å². The number of hydrogen-bond donors (Lipinski definition) is 1. The maximum Gasteiger partial charge on any atom is 0.270 e. The lowest BCUT2D eigenvalue weighted by molar-refractivity contribution is -0.122. The molecule has 0 spiro atoms. The molecule has 1 aromatic heterocycles. The van der Waals surface area contributed by atoms with E-state index in [4.69, 9.17) is 17.0 Å². The summed E-state index contributed by atoms with van der Waals surface area (Å²) in [6.07, 6.45) is 3.47. The first-order chi connectivity index (χ1) is 17.5. The van der Waals surface area contributed by atoms with Gasteiger partial charge in [-0.2, -0.15) is 5.26 Å². The number of anilines is 1. The van der Waals surface area contributed by atoms with Gasteiger partial charge in [-0.05, 0) is 60.3 Å². The van der Waals surface area contributed by atoms with Gasteiger partial charge in [-0.15, -0.1) is 0 Å². The number of rotatable bonds is 5. The Labute approximate surface area is 212 Å². The molecule has 1 aliphatic rings. The van der Waals surface area contributed by atoms with Gasteiger partial charge >= 0.3 is 0 Å². The van der Waals surface area contributed by atoms with Crippen LogP contribution in [0.5, 0.6) is 5.75 Å². The summed E-state index contributed by atoms with van der Waals surface area (Å²) in [7, 11) is 1.56. The highest BCUT2D eigenvalue weighted by Gasteiger charge is 2.34. The van der Waals surface area contributed by atoms with Crippen LogP contribution in [0.15, 0.2) is 84.6 Å². The summed E-state index contributed by atoms with van der Waals surface area (Å²) < 4.78 is 7.20. The SMILES string of the molecule is COc1ccc(N2C(=O)/C(=C/c3cn(Cc4ccccc4C#N)c4ccccc34)C(=O)NC2=S)cc1. The van der Waals surface area contributed by atoms with Crippen LogP contribution in [0.3, 0.4) is 0 Å². The van der Waals surface area contributed by atoms with Crippen molar-refractivity contribution in [1.82, 2.24) is 9.88 Å². The summed E-state index contributed by atoms with van der Waals surface area (Å²) in [5.74, 6) is -0.429. The molecule has 0 aliphatic carbocycles. The molecule has 2 amide bonds. The molecule has 0 bridgehead atoms. The number of carbonyl (C=O) groups excluding carboxylic acids is 2. The highest BCUT2D eigenvalue weighted by molar-refractivity contribution is 7.80. The van der Waals surface area contributed by atoms with E-state index in [1.165, 1.54) is 4.90 Å². The predicted molar refractivity (Wildman–Crippen MR) is 141 cm³/mol. The van der Waals surface area contributed by atoms with E-state index in [0.29, 0.717) is 29.1 Å². The number of nitriles is 1. The second-order valence-corrected chi connectivity index (χ2v) is 8.54. The number of para-hydroxylation sites is 1. The van der Waals surface area contributed by atoms with Crippen molar-refractivity contribution in [2.75, 3.05) is 12.0 Å². The minimum atomic E-state index is -0.554. The number of thiocarbonyl (C=S) groups is 1. The van der Waals surface area contributed by atoms with E-state index in [9.17, 15) is 14.9 Å². The molecular weight excluding hydrogens is 472 g/mol. The van der Waals surface area contributed by atoms with Crippen molar-refractivity contribution in [3.63, 3.8) is 0 Å². The largest absolute Gasteiger partial charge is 0.497 e. The Balaban J connectivity index is 1.56. The van der Waals surface area contributed by atoms with E-state index in [2.05, 4.69) is 11.4 Å². The zero-order valence-corrected chi connectivity index (χ0v) is 20.1. The van der Waals surface area contributed by atoms with Gasteiger partial charge in [0.25, 0.3) is 11.8 Å². The molecule has 0 unspecified atom stereocenters. The van der Waals surface area contributed by atoms with Crippen LogP contribution < -0.4 is 15.0 Å². The average Bonchev–Trinajstić information content (AvgIpc) is 3.24. The summed E-state index contributed by atoms with van der Waals surface area (Å²) in [6.45, 7) is 0.468. The highest BCUT2D eigenvalue weighted by Crippen LogP contribution is 2.28. The lowest BCUT2D eigenvalue weighted by Crippen LogP contribution is -2.54. The Morgan fingerprint density at radius 2 is 1.75 bits per heavy atom. The number of nitrogens with zero attached hydrogens (tertiary/aromatic N) is 3. The maximum absolute atomic E-state index is 13.5. The van der Waals surface area contributed by atoms with Crippen molar-refractivity contribution < 1.29 is 14.3 Å². The minimum Gasteiger partial charge on any atom is -0.497 e. The Hall–Kier alpha value is -4.74. The van der Waals surface area contributed by atoms with Gasteiger partial charge < -0.3 is 9.30 Å². The molecule has 1 saturated heterocycles. The van der Waals surface area contributed by atoms with Gasteiger partial charge in [-0.3, -0.25) is 19.8 Å². The van der Waals surface area contributed by atoms with Crippen molar-refractivity contribution in [2.24, 2.45) is 0 Å². The van der Waals surface area contributed by atoms with E-state index >= 15 is 0 Å². The lowest BCUT2D eigenvalue weighted by Gasteiger charge is -2.29. The normalized spacial score (nSPS) is 14.7. The molecule has 5 rings (SSSR count).